The molecule has 0 bridgehead atoms. The number of nitrogens with one attached hydrogen (secondary N) is 1. The van der Waals surface area contributed by atoms with Gasteiger partial charge in [0.15, 0.2) is 5.76 Å². The molecule has 0 atom stereocenters. The molecule has 0 unspecified atom stereocenters. The highest BCUT2D eigenvalue weighted by atomic mass is 35.5. The van der Waals surface area contributed by atoms with E-state index in [-0.39, 0.29) is 12.3 Å². The zero-order valence-corrected chi connectivity index (χ0v) is 13.1. The van der Waals surface area contributed by atoms with Gasteiger partial charge < -0.3 is 14.3 Å². The lowest BCUT2D eigenvalue weighted by atomic mass is 10.2. The Hall–Kier alpha value is -2.60. The van der Waals surface area contributed by atoms with Gasteiger partial charge in [0.2, 0.25) is 17.6 Å². The van der Waals surface area contributed by atoms with E-state index in [0.717, 1.165) is 5.56 Å². The Morgan fingerprint density at radius 2 is 2.17 bits per heavy atom. The molecule has 1 N–H and O–H groups in total. The van der Waals surface area contributed by atoms with Gasteiger partial charge in [0.05, 0.1) is 6.26 Å². The predicted molar refractivity (Wildman–Crippen MR) is 85.1 cm³/mol. The Labute approximate surface area is 137 Å². The average molecular weight is 332 g/mol. The molecule has 0 radical (unpaired) electrons. The van der Waals surface area contributed by atoms with E-state index in [1.807, 2.05) is 6.92 Å². The first-order chi connectivity index (χ1) is 11.1. The zero-order chi connectivity index (χ0) is 16.2. The van der Waals surface area contributed by atoms with Crippen LogP contribution in [-0.2, 0) is 11.2 Å². The van der Waals surface area contributed by atoms with Crippen LogP contribution < -0.4 is 5.32 Å². The Morgan fingerprint density at radius 3 is 2.96 bits per heavy atom. The van der Waals surface area contributed by atoms with Crippen molar-refractivity contribution in [2.45, 2.75) is 19.8 Å². The van der Waals surface area contributed by atoms with Gasteiger partial charge in [-0.2, -0.15) is 4.98 Å². The third kappa shape index (κ3) is 3.60. The molecular weight excluding hydrogens is 318 g/mol. The molecule has 118 valence electrons. The number of hydrogen-bond acceptors (Lipinski definition) is 5. The number of benzene rings is 1. The first kappa shape index (κ1) is 15.3. The predicted octanol–water partition coefficient (Wildman–Crippen LogP) is 3.86. The molecule has 0 saturated heterocycles. The van der Waals surface area contributed by atoms with Crippen LogP contribution in [-0.4, -0.2) is 16.0 Å². The van der Waals surface area contributed by atoms with Crippen LogP contribution in [0.5, 0.6) is 0 Å². The molecule has 0 spiro atoms. The van der Waals surface area contributed by atoms with Gasteiger partial charge in [-0.15, -0.1) is 0 Å². The minimum absolute atomic E-state index is 0.145. The standard InChI is InChI=1S/C16H14ClN3O3/c1-10-11(17)4-2-5-12(10)18-14(21)7-8-15-19-16(20-23-15)13-6-3-9-22-13/h2-6,9H,7-8H2,1H3,(H,18,21). The molecule has 1 aromatic carbocycles. The highest BCUT2D eigenvalue weighted by molar-refractivity contribution is 6.31. The maximum absolute atomic E-state index is 12.0. The summed E-state index contributed by atoms with van der Waals surface area (Å²) in [6, 6.07) is 8.86. The fourth-order valence-electron chi connectivity index (χ4n) is 2.04. The number of aromatic nitrogens is 2. The monoisotopic (exact) mass is 331 g/mol. The summed E-state index contributed by atoms with van der Waals surface area (Å²) in [6.07, 6.45) is 2.11. The molecular formula is C16H14ClN3O3. The molecule has 2 heterocycles. The maximum Gasteiger partial charge on any atom is 0.238 e. The van der Waals surface area contributed by atoms with Crippen LogP contribution >= 0.6 is 11.6 Å². The van der Waals surface area contributed by atoms with Crippen LogP contribution in [0.2, 0.25) is 5.02 Å². The molecule has 0 aliphatic carbocycles. The topological polar surface area (TPSA) is 81.2 Å². The number of furan rings is 1. The second-order valence-electron chi connectivity index (χ2n) is 4.95. The Bertz CT molecular complexity index is 812. The highest BCUT2D eigenvalue weighted by Crippen LogP contribution is 2.23. The van der Waals surface area contributed by atoms with Gasteiger partial charge in [-0.1, -0.05) is 22.8 Å². The van der Waals surface area contributed by atoms with Crippen LogP contribution in [0, 0.1) is 6.92 Å². The first-order valence-electron chi connectivity index (χ1n) is 7.05. The van der Waals surface area contributed by atoms with Crippen molar-refractivity contribution in [1.29, 1.82) is 0 Å². The zero-order valence-electron chi connectivity index (χ0n) is 12.4. The van der Waals surface area contributed by atoms with Crippen molar-refractivity contribution in [1.82, 2.24) is 10.1 Å². The van der Waals surface area contributed by atoms with Crippen molar-refractivity contribution in [3.05, 3.63) is 53.1 Å². The fourth-order valence-corrected chi connectivity index (χ4v) is 2.21. The summed E-state index contributed by atoms with van der Waals surface area (Å²) < 4.78 is 10.3. The van der Waals surface area contributed by atoms with E-state index in [1.54, 1.807) is 30.3 Å². The maximum atomic E-state index is 12.0. The van der Waals surface area contributed by atoms with Crippen molar-refractivity contribution in [3.63, 3.8) is 0 Å². The van der Waals surface area contributed by atoms with Crippen LogP contribution in [0.1, 0.15) is 17.9 Å². The smallest absolute Gasteiger partial charge is 0.238 e. The Balaban J connectivity index is 1.58. The number of anilines is 1. The lowest BCUT2D eigenvalue weighted by Gasteiger charge is -2.08. The molecule has 7 heteroatoms. The minimum atomic E-state index is -0.145. The fraction of sp³-hybridized carbons (Fsp3) is 0.188. The number of carbonyl (C=O) groups excluding carboxylic acids is 1. The lowest BCUT2D eigenvalue weighted by molar-refractivity contribution is -0.116. The number of halogens is 1. The Kier molecular flexibility index (Phi) is 4.43. The molecule has 3 rings (SSSR count). The quantitative estimate of drug-likeness (QED) is 0.767. The van der Waals surface area contributed by atoms with E-state index < -0.39 is 0 Å². The molecule has 0 aliphatic heterocycles. The summed E-state index contributed by atoms with van der Waals surface area (Å²) in [5, 5.41) is 7.25. The van der Waals surface area contributed by atoms with Gasteiger partial charge in [0.1, 0.15) is 0 Å². The summed E-state index contributed by atoms with van der Waals surface area (Å²) >= 11 is 6.03. The third-order valence-corrected chi connectivity index (χ3v) is 3.73. The van der Waals surface area contributed by atoms with Crippen molar-refractivity contribution in [2.75, 3.05) is 5.32 Å². The number of hydrogen-bond donors (Lipinski definition) is 1. The number of carbonyl (C=O) groups is 1. The van der Waals surface area contributed by atoms with Crippen molar-refractivity contribution >= 4 is 23.2 Å². The van der Waals surface area contributed by atoms with E-state index in [2.05, 4.69) is 15.5 Å². The molecule has 23 heavy (non-hydrogen) atoms. The van der Waals surface area contributed by atoms with Crippen molar-refractivity contribution < 1.29 is 13.7 Å². The lowest BCUT2D eigenvalue weighted by Crippen LogP contribution is -2.13. The molecule has 2 aromatic heterocycles. The summed E-state index contributed by atoms with van der Waals surface area (Å²) in [5.74, 6) is 1.14. The van der Waals surface area contributed by atoms with Crippen LogP contribution in [0.3, 0.4) is 0 Å². The van der Waals surface area contributed by atoms with Gasteiger partial charge >= 0.3 is 0 Å². The molecule has 0 saturated carbocycles. The Morgan fingerprint density at radius 1 is 1.30 bits per heavy atom. The van der Waals surface area contributed by atoms with Gasteiger partial charge in [-0.25, -0.2) is 0 Å². The van der Waals surface area contributed by atoms with Crippen molar-refractivity contribution in [3.8, 4) is 11.6 Å². The summed E-state index contributed by atoms with van der Waals surface area (Å²) in [6.45, 7) is 1.85. The van der Waals surface area contributed by atoms with Crippen LogP contribution in [0.25, 0.3) is 11.6 Å². The van der Waals surface area contributed by atoms with Crippen LogP contribution in [0.15, 0.2) is 45.5 Å². The number of amides is 1. The van der Waals surface area contributed by atoms with E-state index in [4.69, 9.17) is 20.5 Å². The summed E-state index contributed by atoms with van der Waals surface area (Å²) in [7, 11) is 0. The van der Waals surface area contributed by atoms with E-state index in [9.17, 15) is 4.79 Å². The number of rotatable bonds is 5. The van der Waals surface area contributed by atoms with Gasteiger partial charge in [0.25, 0.3) is 0 Å². The minimum Gasteiger partial charge on any atom is -0.461 e. The van der Waals surface area contributed by atoms with Gasteiger partial charge in [-0.05, 0) is 36.8 Å². The van der Waals surface area contributed by atoms with E-state index in [1.165, 1.54) is 6.26 Å². The molecule has 0 fully saturated rings. The average Bonchev–Trinajstić information content (AvgIpc) is 3.20. The largest absolute Gasteiger partial charge is 0.461 e. The number of aryl methyl sites for hydroxylation is 1. The third-order valence-electron chi connectivity index (χ3n) is 3.32. The first-order valence-corrected chi connectivity index (χ1v) is 7.42. The number of nitrogens with zero attached hydrogens (tertiary/aromatic N) is 2. The normalized spacial score (nSPS) is 10.7. The molecule has 1 amide bonds. The van der Waals surface area contributed by atoms with Crippen molar-refractivity contribution in [2.24, 2.45) is 0 Å². The van der Waals surface area contributed by atoms with E-state index >= 15 is 0 Å². The van der Waals surface area contributed by atoms with E-state index in [0.29, 0.717) is 34.6 Å². The summed E-state index contributed by atoms with van der Waals surface area (Å²) in [5.41, 5.74) is 1.53. The molecule has 6 nitrogen and oxygen atoms in total. The van der Waals surface area contributed by atoms with Gasteiger partial charge in [0, 0.05) is 23.6 Å². The van der Waals surface area contributed by atoms with Gasteiger partial charge in [-0.3, -0.25) is 4.79 Å². The molecule has 3 aromatic rings. The second kappa shape index (κ2) is 6.66. The highest BCUT2D eigenvalue weighted by Gasteiger charge is 2.13. The molecule has 0 aliphatic rings. The second-order valence-corrected chi connectivity index (χ2v) is 5.36. The SMILES string of the molecule is Cc1c(Cl)cccc1NC(=O)CCc1nc(-c2ccco2)no1. The summed E-state index contributed by atoms with van der Waals surface area (Å²) in [4.78, 5) is 16.2. The van der Waals surface area contributed by atoms with Crippen LogP contribution in [0.4, 0.5) is 5.69 Å².